The zero-order valence-electron chi connectivity index (χ0n) is 9.37. The molecule has 0 radical (unpaired) electrons. The van der Waals surface area contributed by atoms with E-state index in [9.17, 15) is 9.59 Å². The molecular weight excluding hydrogens is 272 g/mol. The third-order valence-electron chi connectivity index (χ3n) is 2.10. The van der Waals surface area contributed by atoms with Crippen LogP contribution in [0.25, 0.3) is 0 Å². The number of pyridine rings is 1. The molecule has 0 saturated carbocycles. The summed E-state index contributed by atoms with van der Waals surface area (Å²) in [5, 5.41) is 11.6. The number of carboxylic acid groups (broad SMARTS) is 1. The molecule has 0 aliphatic heterocycles. The number of carboxylic acids is 1. The van der Waals surface area contributed by atoms with Gasteiger partial charge in [-0.3, -0.25) is 4.79 Å². The molecule has 0 spiro atoms. The van der Waals surface area contributed by atoms with Crippen molar-refractivity contribution in [3.8, 4) is 0 Å². The Bertz CT molecular complexity index is 647. The fourth-order valence-electron chi connectivity index (χ4n) is 1.33. The molecule has 0 atom stereocenters. The van der Waals surface area contributed by atoms with Crippen LogP contribution in [0.3, 0.4) is 0 Å². The number of aromatic nitrogens is 3. The van der Waals surface area contributed by atoms with E-state index in [-0.39, 0.29) is 10.8 Å². The van der Waals surface area contributed by atoms with Crippen molar-refractivity contribution in [1.29, 1.82) is 0 Å². The van der Waals surface area contributed by atoms with Gasteiger partial charge in [-0.05, 0) is 12.1 Å². The molecule has 2 aromatic rings. The van der Waals surface area contributed by atoms with Crippen molar-refractivity contribution in [2.75, 3.05) is 5.32 Å². The molecule has 19 heavy (non-hydrogen) atoms. The first-order valence-corrected chi connectivity index (χ1v) is 5.43. The normalized spacial score (nSPS) is 9.95. The lowest BCUT2D eigenvalue weighted by Gasteiger charge is -2.06. The fraction of sp³-hybridized carbons (Fsp3) is 0. The molecule has 96 valence electrons. The largest absolute Gasteiger partial charge is 0.476 e. The van der Waals surface area contributed by atoms with Gasteiger partial charge in [0.2, 0.25) is 0 Å². The summed E-state index contributed by atoms with van der Waals surface area (Å²) in [5.41, 5.74) is -0.310. The maximum atomic E-state index is 11.9. The summed E-state index contributed by atoms with van der Waals surface area (Å²) in [4.78, 5) is 33.9. The van der Waals surface area contributed by atoms with Crippen molar-refractivity contribution < 1.29 is 14.7 Å². The molecular formula is C11H7ClN4O3. The molecule has 8 heteroatoms. The number of aromatic carboxylic acids is 1. The van der Waals surface area contributed by atoms with E-state index in [4.69, 9.17) is 16.7 Å². The Labute approximate surface area is 112 Å². The van der Waals surface area contributed by atoms with E-state index in [1.54, 1.807) is 0 Å². The van der Waals surface area contributed by atoms with E-state index in [0.29, 0.717) is 5.69 Å². The van der Waals surface area contributed by atoms with E-state index in [2.05, 4.69) is 20.3 Å². The number of hydrogen-bond donors (Lipinski definition) is 2. The predicted octanol–water partition coefficient (Wildman–Crippen LogP) is 1.48. The fourth-order valence-corrected chi connectivity index (χ4v) is 1.51. The summed E-state index contributed by atoms with van der Waals surface area (Å²) in [6.07, 6.45) is 3.84. The van der Waals surface area contributed by atoms with Gasteiger partial charge in [-0.1, -0.05) is 11.6 Å². The Hall–Kier alpha value is -2.54. The molecule has 2 aromatic heterocycles. The van der Waals surface area contributed by atoms with Gasteiger partial charge in [-0.15, -0.1) is 0 Å². The molecule has 0 unspecified atom stereocenters. The van der Waals surface area contributed by atoms with Crippen molar-refractivity contribution in [2.24, 2.45) is 0 Å². The minimum absolute atomic E-state index is 0.204. The van der Waals surface area contributed by atoms with Gasteiger partial charge < -0.3 is 10.4 Å². The molecule has 2 rings (SSSR count). The smallest absolute Gasteiger partial charge is 0.356 e. The number of carbonyl (C=O) groups excluding carboxylic acids is 1. The predicted molar refractivity (Wildman–Crippen MR) is 66.2 cm³/mol. The minimum atomic E-state index is -1.33. The monoisotopic (exact) mass is 278 g/mol. The number of halogens is 1. The van der Waals surface area contributed by atoms with Crippen LogP contribution >= 0.6 is 11.6 Å². The highest BCUT2D eigenvalue weighted by Crippen LogP contribution is 2.13. The Morgan fingerprint density at radius 3 is 2.42 bits per heavy atom. The van der Waals surface area contributed by atoms with Crippen LogP contribution in [0.1, 0.15) is 21.0 Å². The number of nitrogens with one attached hydrogen (secondary N) is 1. The van der Waals surface area contributed by atoms with E-state index in [1.165, 1.54) is 30.7 Å². The van der Waals surface area contributed by atoms with Crippen LogP contribution < -0.4 is 5.32 Å². The zero-order chi connectivity index (χ0) is 13.8. The number of hydrogen-bond acceptors (Lipinski definition) is 5. The lowest BCUT2D eigenvalue weighted by molar-refractivity contribution is 0.0685. The van der Waals surface area contributed by atoms with Crippen LogP contribution in [0.15, 0.2) is 30.7 Å². The summed E-state index contributed by atoms with van der Waals surface area (Å²) in [6, 6.07) is 2.94. The number of nitrogens with zero attached hydrogens (tertiary/aromatic N) is 3. The van der Waals surface area contributed by atoms with Gasteiger partial charge in [0, 0.05) is 24.3 Å². The summed E-state index contributed by atoms with van der Waals surface area (Å²) in [6.45, 7) is 0. The highest BCUT2D eigenvalue weighted by molar-refractivity contribution is 6.29. The first-order chi connectivity index (χ1) is 9.08. The second-order valence-corrected chi connectivity index (χ2v) is 3.77. The highest BCUT2D eigenvalue weighted by Gasteiger charge is 2.19. The van der Waals surface area contributed by atoms with Crippen molar-refractivity contribution in [3.05, 3.63) is 47.3 Å². The van der Waals surface area contributed by atoms with Crippen LogP contribution in [-0.4, -0.2) is 31.9 Å². The third kappa shape index (κ3) is 3.02. The molecule has 0 aliphatic carbocycles. The standard InChI is InChI=1S/C11H7ClN4O3/c12-7-5-6(1-2-13-7)16-10(17)8-9(11(18)19)15-4-3-14-8/h1-5H,(H,18,19)(H,13,16,17). The van der Waals surface area contributed by atoms with Gasteiger partial charge in [0.15, 0.2) is 11.4 Å². The van der Waals surface area contributed by atoms with E-state index in [0.717, 1.165) is 0 Å². The first kappa shape index (κ1) is 12.9. The zero-order valence-corrected chi connectivity index (χ0v) is 10.1. The molecule has 0 aliphatic rings. The van der Waals surface area contributed by atoms with Crippen molar-refractivity contribution >= 4 is 29.2 Å². The quantitative estimate of drug-likeness (QED) is 0.824. The van der Waals surface area contributed by atoms with Crippen molar-refractivity contribution in [1.82, 2.24) is 15.0 Å². The summed E-state index contributed by atoms with van der Waals surface area (Å²) >= 11 is 5.67. The highest BCUT2D eigenvalue weighted by atomic mass is 35.5. The van der Waals surface area contributed by atoms with Gasteiger partial charge in [-0.25, -0.2) is 19.7 Å². The second kappa shape index (κ2) is 5.40. The SMILES string of the molecule is O=C(O)c1nccnc1C(=O)Nc1ccnc(Cl)c1. The average molecular weight is 279 g/mol. The van der Waals surface area contributed by atoms with Crippen LogP contribution in [0, 0.1) is 0 Å². The van der Waals surface area contributed by atoms with E-state index in [1.807, 2.05) is 0 Å². The maximum absolute atomic E-state index is 11.9. The lowest BCUT2D eigenvalue weighted by atomic mass is 10.2. The molecule has 0 fully saturated rings. The summed E-state index contributed by atoms with van der Waals surface area (Å²) in [5.74, 6) is -2.02. The van der Waals surface area contributed by atoms with Crippen molar-refractivity contribution in [2.45, 2.75) is 0 Å². The van der Waals surface area contributed by atoms with Gasteiger partial charge in [0.25, 0.3) is 5.91 Å². The minimum Gasteiger partial charge on any atom is -0.476 e. The second-order valence-electron chi connectivity index (χ2n) is 3.38. The molecule has 2 N–H and O–H groups in total. The average Bonchev–Trinajstić information content (AvgIpc) is 2.38. The van der Waals surface area contributed by atoms with E-state index < -0.39 is 17.6 Å². The molecule has 2 heterocycles. The number of rotatable bonds is 3. The lowest BCUT2D eigenvalue weighted by Crippen LogP contribution is -2.19. The van der Waals surface area contributed by atoms with Gasteiger partial charge in [0.1, 0.15) is 5.15 Å². The Kier molecular flexibility index (Phi) is 3.67. The molecule has 1 amide bonds. The van der Waals surface area contributed by atoms with Gasteiger partial charge in [-0.2, -0.15) is 0 Å². The molecule has 7 nitrogen and oxygen atoms in total. The Morgan fingerprint density at radius 1 is 1.11 bits per heavy atom. The van der Waals surface area contributed by atoms with Crippen LogP contribution in [0.2, 0.25) is 5.15 Å². The summed E-state index contributed by atoms with van der Waals surface area (Å²) in [7, 11) is 0. The number of anilines is 1. The first-order valence-electron chi connectivity index (χ1n) is 5.05. The van der Waals surface area contributed by atoms with Crippen LogP contribution in [0.4, 0.5) is 5.69 Å². The molecule has 0 bridgehead atoms. The number of amides is 1. The van der Waals surface area contributed by atoms with Gasteiger partial charge in [0.05, 0.1) is 0 Å². The number of carbonyl (C=O) groups is 2. The molecule has 0 saturated heterocycles. The van der Waals surface area contributed by atoms with Gasteiger partial charge >= 0.3 is 5.97 Å². The molecule has 0 aromatic carbocycles. The maximum Gasteiger partial charge on any atom is 0.356 e. The van der Waals surface area contributed by atoms with Crippen molar-refractivity contribution in [3.63, 3.8) is 0 Å². The topological polar surface area (TPSA) is 105 Å². The van der Waals surface area contributed by atoms with Crippen LogP contribution in [0.5, 0.6) is 0 Å². The Morgan fingerprint density at radius 2 is 1.79 bits per heavy atom. The van der Waals surface area contributed by atoms with E-state index >= 15 is 0 Å². The Balaban J connectivity index is 2.28. The summed E-state index contributed by atoms with van der Waals surface area (Å²) < 4.78 is 0. The van der Waals surface area contributed by atoms with Crippen LogP contribution in [-0.2, 0) is 0 Å². The third-order valence-corrected chi connectivity index (χ3v) is 2.31.